The number of rotatable bonds is 4. The van der Waals surface area contributed by atoms with Gasteiger partial charge in [-0.1, -0.05) is 0 Å². The van der Waals surface area contributed by atoms with Gasteiger partial charge in [-0.05, 0) is 0 Å². The van der Waals surface area contributed by atoms with E-state index in [4.69, 9.17) is 0 Å². The third kappa shape index (κ3) is 3.37. The van der Waals surface area contributed by atoms with Crippen LogP contribution in [-0.4, -0.2) is 15.0 Å². The maximum absolute atomic E-state index is 2.43. The molecule has 2 aromatic carbocycles. The summed E-state index contributed by atoms with van der Waals surface area (Å²) in [5, 5.41) is 0. The SMILES string of the molecule is C(=C(\[Se]c1ccccc1)C1CCC1)/c1ccccc1. The molecule has 1 saturated carbocycles. The van der Waals surface area contributed by atoms with Crippen molar-refractivity contribution >= 4 is 25.5 Å². The van der Waals surface area contributed by atoms with E-state index in [1.54, 1.807) is 4.47 Å². The Balaban J connectivity index is 1.84. The summed E-state index contributed by atoms with van der Waals surface area (Å²) in [4.78, 5) is 0. The first-order valence-corrected chi connectivity index (χ1v) is 8.63. The Morgan fingerprint density at radius 1 is 0.895 bits per heavy atom. The molecule has 1 heteroatoms. The van der Waals surface area contributed by atoms with Crippen molar-refractivity contribution < 1.29 is 0 Å². The first-order valence-electron chi connectivity index (χ1n) is 6.91. The molecule has 1 aliphatic carbocycles. The minimum atomic E-state index is 0.474. The Morgan fingerprint density at radius 3 is 2.11 bits per heavy atom. The van der Waals surface area contributed by atoms with Gasteiger partial charge in [-0.2, -0.15) is 0 Å². The van der Waals surface area contributed by atoms with Crippen LogP contribution in [0.1, 0.15) is 24.8 Å². The quantitative estimate of drug-likeness (QED) is 0.752. The van der Waals surface area contributed by atoms with Crippen LogP contribution in [0.5, 0.6) is 0 Å². The topological polar surface area (TPSA) is 0 Å². The molecule has 0 aromatic heterocycles. The Hall–Kier alpha value is -1.30. The van der Waals surface area contributed by atoms with Crippen LogP contribution >= 0.6 is 0 Å². The molecular weight excluding hydrogens is 295 g/mol. The van der Waals surface area contributed by atoms with Gasteiger partial charge in [0.25, 0.3) is 0 Å². The van der Waals surface area contributed by atoms with E-state index in [2.05, 4.69) is 66.7 Å². The first kappa shape index (κ1) is 12.7. The summed E-state index contributed by atoms with van der Waals surface area (Å²) in [5.74, 6) is 0.834. The van der Waals surface area contributed by atoms with Crippen LogP contribution in [0.4, 0.5) is 0 Å². The number of hydrogen-bond acceptors (Lipinski definition) is 0. The van der Waals surface area contributed by atoms with Crippen molar-refractivity contribution in [3.8, 4) is 0 Å². The van der Waals surface area contributed by atoms with Crippen LogP contribution in [0.3, 0.4) is 0 Å². The second-order valence-electron chi connectivity index (χ2n) is 5.00. The zero-order valence-electron chi connectivity index (χ0n) is 11.0. The fourth-order valence-electron chi connectivity index (χ4n) is 2.26. The van der Waals surface area contributed by atoms with E-state index >= 15 is 0 Å². The molecular formula is C18H18Se. The van der Waals surface area contributed by atoms with Gasteiger partial charge in [-0.3, -0.25) is 0 Å². The molecule has 0 nitrogen and oxygen atoms in total. The van der Waals surface area contributed by atoms with Gasteiger partial charge in [0, 0.05) is 0 Å². The molecule has 0 heterocycles. The van der Waals surface area contributed by atoms with Crippen molar-refractivity contribution in [2.75, 3.05) is 0 Å². The molecule has 96 valence electrons. The van der Waals surface area contributed by atoms with Gasteiger partial charge in [-0.25, -0.2) is 0 Å². The van der Waals surface area contributed by atoms with E-state index in [-0.39, 0.29) is 0 Å². The molecule has 1 aliphatic rings. The Kier molecular flexibility index (Phi) is 4.17. The van der Waals surface area contributed by atoms with Gasteiger partial charge in [0.15, 0.2) is 0 Å². The molecule has 0 aliphatic heterocycles. The van der Waals surface area contributed by atoms with Crippen LogP contribution in [0.15, 0.2) is 65.1 Å². The van der Waals surface area contributed by atoms with Crippen LogP contribution < -0.4 is 4.46 Å². The van der Waals surface area contributed by atoms with Crippen LogP contribution in [0, 0.1) is 5.92 Å². The van der Waals surface area contributed by atoms with Crippen molar-refractivity contribution in [1.29, 1.82) is 0 Å². The predicted octanol–water partition coefficient (Wildman–Crippen LogP) is 3.86. The van der Waals surface area contributed by atoms with E-state index in [1.165, 1.54) is 29.3 Å². The van der Waals surface area contributed by atoms with Crippen molar-refractivity contribution in [2.45, 2.75) is 19.3 Å². The fraction of sp³-hybridized carbons (Fsp3) is 0.222. The van der Waals surface area contributed by atoms with Gasteiger partial charge >= 0.3 is 121 Å². The van der Waals surface area contributed by atoms with Gasteiger partial charge in [0.2, 0.25) is 0 Å². The van der Waals surface area contributed by atoms with Gasteiger partial charge in [-0.15, -0.1) is 0 Å². The zero-order valence-corrected chi connectivity index (χ0v) is 12.7. The summed E-state index contributed by atoms with van der Waals surface area (Å²) in [5.41, 5.74) is 1.35. The summed E-state index contributed by atoms with van der Waals surface area (Å²) in [6.45, 7) is 0. The fourth-order valence-corrected chi connectivity index (χ4v) is 4.70. The predicted molar refractivity (Wildman–Crippen MR) is 83.6 cm³/mol. The van der Waals surface area contributed by atoms with Crippen LogP contribution in [-0.2, 0) is 0 Å². The Bertz CT molecular complexity index is 538. The number of allylic oxidation sites excluding steroid dienone is 1. The molecule has 0 amide bonds. The van der Waals surface area contributed by atoms with Crippen molar-refractivity contribution in [2.24, 2.45) is 5.92 Å². The molecule has 2 aromatic rings. The van der Waals surface area contributed by atoms with Gasteiger partial charge in [0.1, 0.15) is 0 Å². The second kappa shape index (κ2) is 6.23. The summed E-state index contributed by atoms with van der Waals surface area (Å²) < 4.78 is 3.15. The normalized spacial score (nSPS) is 16.1. The van der Waals surface area contributed by atoms with E-state index in [1.807, 2.05) is 0 Å². The molecule has 0 radical (unpaired) electrons. The summed E-state index contributed by atoms with van der Waals surface area (Å²) in [6.07, 6.45) is 6.60. The Morgan fingerprint density at radius 2 is 1.53 bits per heavy atom. The average molecular weight is 313 g/mol. The third-order valence-corrected chi connectivity index (χ3v) is 6.10. The van der Waals surface area contributed by atoms with Gasteiger partial charge < -0.3 is 0 Å². The molecule has 3 rings (SSSR count). The summed E-state index contributed by atoms with van der Waals surface area (Å²) in [6, 6.07) is 21.7. The standard InChI is InChI=1S/C18H18Se/c1-3-8-15(9-4-1)14-18(16-10-7-11-16)19-17-12-5-2-6-13-17/h1-6,8-9,12-14,16H,7,10-11H2/b18-14+. The molecule has 0 atom stereocenters. The summed E-state index contributed by atoms with van der Waals surface area (Å²) >= 11 is 0.474. The first-order chi connectivity index (χ1) is 9.42. The van der Waals surface area contributed by atoms with E-state index in [0.717, 1.165) is 5.92 Å². The molecule has 0 saturated heterocycles. The molecule has 0 spiro atoms. The van der Waals surface area contributed by atoms with Crippen molar-refractivity contribution in [3.63, 3.8) is 0 Å². The van der Waals surface area contributed by atoms with Gasteiger partial charge in [0.05, 0.1) is 0 Å². The van der Waals surface area contributed by atoms with E-state index < -0.39 is 0 Å². The monoisotopic (exact) mass is 314 g/mol. The maximum atomic E-state index is 2.43. The van der Waals surface area contributed by atoms with Crippen LogP contribution in [0.25, 0.3) is 6.08 Å². The Labute approximate surface area is 121 Å². The third-order valence-electron chi connectivity index (χ3n) is 3.59. The summed E-state index contributed by atoms with van der Waals surface area (Å²) in [7, 11) is 0. The number of benzene rings is 2. The molecule has 0 unspecified atom stereocenters. The van der Waals surface area contributed by atoms with Crippen LogP contribution in [0.2, 0.25) is 0 Å². The van der Waals surface area contributed by atoms with Crippen molar-refractivity contribution in [1.82, 2.24) is 0 Å². The minimum absolute atomic E-state index is 0.474. The molecule has 0 bridgehead atoms. The van der Waals surface area contributed by atoms with E-state index in [0.29, 0.717) is 15.0 Å². The molecule has 0 N–H and O–H groups in total. The number of hydrogen-bond donors (Lipinski definition) is 0. The molecule has 1 fully saturated rings. The second-order valence-corrected chi connectivity index (χ2v) is 7.41. The zero-order chi connectivity index (χ0) is 12.9. The van der Waals surface area contributed by atoms with Crippen molar-refractivity contribution in [3.05, 3.63) is 70.7 Å². The average Bonchev–Trinajstić information content (AvgIpc) is 2.39. The molecule has 19 heavy (non-hydrogen) atoms. The van der Waals surface area contributed by atoms with E-state index in [9.17, 15) is 0 Å².